The fourth-order valence-electron chi connectivity index (χ4n) is 5.54. The number of carbonyl (C=O) groups excluding carboxylic acids is 1. The van der Waals surface area contributed by atoms with Crippen molar-refractivity contribution in [3.8, 4) is 11.4 Å². The number of hydrogen-bond acceptors (Lipinski definition) is 4. The molecule has 8 nitrogen and oxygen atoms in total. The number of amides is 2. The number of H-pyrrole nitrogens is 1. The van der Waals surface area contributed by atoms with Crippen LogP contribution in [0.3, 0.4) is 0 Å². The maximum Gasteiger partial charge on any atom is 0.320 e. The number of rotatable bonds is 4. The van der Waals surface area contributed by atoms with E-state index in [1.165, 1.54) is 6.07 Å². The fraction of sp³-hybridized carbons (Fsp3) is 0.444. The van der Waals surface area contributed by atoms with Crippen LogP contribution < -0.4 is 5.56 Å². The molecule has 2 amide bonds. The van der Waals surface area contributed by atoms with E-state index in [0.29, 0.717) is 50.4 Å². The lowest BCUT2D eigenvalue weighted by molar-refractivity contribution is 0.0204. The van der Waals surface area contributed by atoms with E-state index in [1.807, 2.05) is 25.2 Å². The van der Waals surface area contributed by atoms with Crippen molar-refractivity contribution >= 4 is 6.03 Å². The molecule has 2 aromatic heterocycles. The highest BCUT2D eigenvalue weighted by molar-refractivity contribution is 5.75. The number of pyridine rings is 1. The van der Waals surface area contributed by atoms with Crippen LogP contribution in [-0.2, 0) is 13.6 Å². The van der Waals surface area contributed by atoms with Crippen molar-refractivity contribution < 1.29 is 13.6 Å². The van der Waals surface area contributed by atoms with Crippen LogP contribution in [0.5, 0.6) is 0 Å². The molecule has 2 saturated heterocycles. The van der Waals surface area contributed by atoms with Gasteiger partial charge in [-0.2, -0.15) is 5.10 Å². The van der Waals surface area contributed by atoms with E-state index in [1.54, 1.807) is 20.7 Å². The summed E-state index contributed by atoms with van der Waals surface area (Å²) < 4.78 is 30.0. The molecule has 5 rings (SSSR count). The lowest BCUT2D eigenvalue weighted by Crippen LogP contribution is -2.61. The largest absolute Gasteiger partial charge is 0.322 e. The van der Waals surface area contributed by atoms with Gasteiger partial charge in [-0.3, -0.25) is 14.4 Å². The van der Waals surface area contributed by atoms with Crippen LogP contribution in [-0.4, -0.2) is 67.2 Å². The number of halogens is 2. The second-order valence-corrected chi connectivity index (χ2v) is 10.5. The number of aromatic nitrogens is 3. The molecule has 1 aromatic carbocycles. The molecule has 2 aliphatic rings. The second-order valence-electron chi connectivity index (χ2n) is 10.5. The van der Waals surface area contributed by atoms with Crippen molar-refractivity contribution in [1.29, 1.82) is 0 Å². The summed E-state index contributed by atoms with van der Waals surface area (Å²) in [6.07, 6.45) is 3.03. The smallest absolute Gasteiger partial charge is 0.320 e. The average molecular weight is 511 g/mol. The normalized spacial score (nSPS) is 20.0. The van der Waals surface area contributed by atoms with E-state index in [9.17, 15) is 18.4 Å². The highest BCUT2D eigenvalue weighted by Crippen LogP contribution is 2.35. The Kier molecular flexibility index (Phi) is 6.61. The second kappa shape index (κ2) is 9.74. The summed E-state index contributed by atoms with van der Waals surface area (Å²) in [4.78, 5) is 35.0. The minimum atomic E-state index is -0.506. The van der Waals surface area contributed by atoms with Crippen molar-refractivity contribution in [1.82, 2.24) is 29.5 Å². The van der Waals surface area contributed by atoms with Crippen LogP contribution >= 0.6 is 0 Å². The zero-order valence-electron chi connectivity index (χ0n) is 21.4. The summed E-state index contributed by atoms with van der Waals surface area (Å²) in [5.41, 5.74) is 1.88. The Balaban J connectivity index is 1.28. The minimum absolute atomic E-state index is 0.148. The van der Waals surface area contributed by atoms with Crippen LogP contribution in [0.1, 0.15) is 43.9 Å². The van der Waals surface area contributed by atoms with E-state index in [0.717, 1.165) is 24.2 Å². The van der Waals surface area contributed by atoms with Gasteiger partial charge in [0.15, 0.2) is 0 Å². The zero-order chi connectivity index (χ0) is 26.3. The van der Waals surface area contributed by atoms with Crippen molar-refractivity contribution in [3.05, 3.63) is 75.7 Å². The standard InChI is InChI=1S/C27H32F2N6O2/c1-27(2)17-33(26(37)35-12-4-5-23(35)20-15-19(28)7-8-21(20)29)13-14-34(27)16-18-6-9-22(31-25(18)36)24-10-11-30-32(24)3/h6-11,15,23H,4-5,12-14,16-17H2,1-3H3,(H,31,36)/t23-/m0/s1. The quantitative estimate of drug-likeness (QED) is 0.578. The molecule has 1 atom stereocenters. The van der Waals surface area contributed by atoms with Crippen LogP contribution in [0.2, 0.25) is 0 Å². The summed E-state index contributed by atoms with van der Waals surface area (Å²) in [5, 5.41) is 4.15. The summed E-state index contributed by atoms with van der Waals surface area (Å²) in [6, 6.07) is 8.37. The lowest BCUT2D eigenvalue weighted by Gasteiger charge is -2.48. The molecular formula is C27H32F2N6O2. The van der Waals surface area contributed by atoms with E-state index >= 15 is 0 Å². The van der Waals surface area contributed by atoms with Crippen LogP contribution in [0, 0.1) is 11.6 Å². The van der Waals surface area contributed by atoms with Gasteiger partial charge in [-0.25, -0.2) is 13.6 Å². The number of nitrogens with one attached hydrogen (secondary N) is 1. The van der Waals surface area contributed by atoms with Crippen molar-refractivity contribution in [2.75, 3.05) is 26.2 Å². The molecule has 10 heteroatoms. The van der Waals surface area contributed by atoms with Gasteiger partial charge in [0.2, 0.25) is 0 Å². The number of nitrogens with zero attached hydrogens (tertiary/aromatic N) is 5. The van der Waals surface area contributed by atoms with Crippen molar-refractivity contribution in [2.45, 2.75) is 44.8 Å². The van der Waals surface area contributed by atoms with Crippen molar-refractivity contribution in [2.24, 2.45) is 7.05 Å². The molecule has 0 bridgehead atoms. The number of hydrogen-bond donors (Lipinski definition) is 1. The Bertz CT molecular complexity index is 1370. The molecule has 0 spiro atoms. The Morgan fingerprint density at radius 1 is 1.14 bits per heavy atom. The topological polar surface area (TPSA) is 77.5 Å². The van der Waals surface area contributed by atoms with E-state index in [-0.39, 0.29) is 22.7 Å². The maximum atomic E-state index is 14.5. The molecule has 0 aliphatic carbocycles. The van der Waals surface area contributed by atoms with Crippen LogP contribution in [0.15, 0.2) is 47.4 Å². The molecule has 0 unspecified atom stereocenters. The first-order chi connectivity index (χ1) is 17.6. The fourth-order valence-corrected chi connectivity index (χ4v) is 5.54. The van der Waals surface area contributed by atoms with Crippen LogP contribution in [0.25, 0.3) is 11.4 Å². The van der Waals surface area contributed by atoms with Gasteiger partial charge < -0.3 is 14.8 Å². The Hall–Kier alpha value is -3.53. The molecule has 1 N–H and O–H groups in total. The molecule has 0 saturated carbocycles. The van der Waals surface area contributed by atoms with Crippen LogP contribution in [0.4, 0.5) is 13.6 Å². The highest BCUT2D eigenvalue weighted by Gasteiger charge is 2.40. The third-order valence-electron chi connectivity index (χ3n) is 7.61. The van der Waals surface area contributed by atoms with E-state index in [2.05, 4.69) is 28.8 Å². The summed E-state index contributed by atoms with van der Waals surface area (Å²) in [5.74, 6) is -0.996. The summed E-state index contributed by atoms with van der Waals surface area (Å²) >= 11 is 0. The summed E-state index contributed by atoms with van der Waals surface area (Å²) in [7, 11) is 1.82. The maximum absolute atomic E-state index is 14.5. The van der Waals surface area contributed by atoms with Gasteiger partial charge in [-0.05, 0) is 57.0 Å². The minimum Gasteiger partial charge on any atom is -0.322 e. The van der Waals surface area contributed by atoms with E-state index in [4.69, 9.17) is 0 Å². The molecule has 0 radical (unpaired) electrons. The number of aryl methyl sites for hydroxylation is 1. The van der Waals surface area contributed by atoms with Gasteiger partial charge in [0, 0.05) is 62.6 Å². The summed E-state index contributed by atoms with van der Waals surface area (Å²) in [6.45, 7) is 6.62. The highest BCUT2D eigenvalue weighted by atomic mass is 19.1. The Morgan fingerprint density at radius 2 is 1.95 bits per heavy atom. The Morgan fingerprint density at radius 3 is 2.65 bits per heavy atom. The zero-order valence-corrected chi connectivity index (χ0v) is 21.4. The van der Waals surface area contributed by atoms with Gasteiger partial charge >= 0.3 is 6.03 Å². The third-order valence-corrected chi connectivity index (χ3v) is 7.61. The SMILES string of the molecule is Cn1nccc1-c1ccc(CN2CCN(C(=O)N3CCC[C@H]3c3cc(F)ccc3F)CC2(C)C)c(=O)[nH]1. The lowest BCUT2D eigenvalue weighted by atomic mass is 9.97. The first-order valence-corrected chi connectivity index (χ1v) is 12.6. The first kappa shape index (κ1) is 25.1. The monoisotopic (exact) mass is 510 g/mol. The number of aromatic amines is 1. The number of carbonyl (C=O) groups is 1. The molecular weight excluding hydrogens is 478 g/mol. The predicted molar refractivity (Wildman–Crippen MR) is 136 cm³/mol. The molecule has 196 valence electrons. The predicted octanol–water partition coefficient (Wildman–Crippen LogP) is 3.91. The molecule has 2 fully saturated rings. The number of benzene rings is 1. The van der Waals surface area contributed by atoms with Gasteiger partial charge in [-0.1, -0.05) is 6.07 Å². The number of piperazine rings is 1. The molecule has 4 heterocycles. The van der Waals surface area contributed by atoms with Gasteiger partial charge in [0.1, 0.15) is 11.6 Å². The molecule has 3 aromatic rings. The molecule has 37 heavy (non-hydrogen) atoms. The molecule has 2 aliphatic heterocycles. The number of urea groups is 1. The van der Waals surface area contributed by atoms with Gasteiger partial charge in [-0.15, -0.1) is 0 Å². The van der Waals surface area contributed by atoms with E-state index < -0.39 is 17.7 Å². The first-order valence-electron chi connectivity index (χ1n) is 12.6. The Labute approximate surface area is 214 Å². The number of likely N-dealkylation sites (tertiary alicyclic amines) is 1. The average Bonchev–Trinajstić information content (AvgIpc) is 3.51. The van der Waals surface area contributed by atoms with Gasteiger partial charge in [0.05, 0.1) is 17.4 Å². The van der Waals surface area contributed by atoms with Crippen molar-refractivity contribution in [3.63, 3.8) is 0 Å². The van der Waals surface area contributed by atoms with Gasteiger partial charge in [0.25, 0.3) is 5.56 Å². The third kappa shape index (κ3) is 4.90.